The first-order valence-electron chi connectivity index (χ1n) is 5.03. The van der Waals surface area contributed by atoms with Gasteiger partial charge in [-0.3, -0.25) is 4.90 Å². The topological polar surface area (TPSA) is 41.6 Å². The van der Waals surface area contributed by atoms with Gasteiger partial charge in [-0.25, -0.2) is 4.79 Å². The molecule has 1 rings (SSSR count). The molecular weight excluding hydrogens is 180 g/mol. The second kappa shape index (κ2) is 4.17. The molecule has 0 saturated carbocycles. The van der Waals surface area contributed by atoms with E-state index in [0.29, 0.717) is 0 Å². The van der Waals surface area contributed by atoms with Crippen LogP contribution in [0.1, 0.15) is 27.2 Å². The van der Waals surface area contributed by atoms with Crippen molar-refractivity contribution in [2.24, 2.45) is 0 Å². The van der Waals surface area contributed by atoms with Crippen molar-refractivity contribution in [3.05, 3.63) is 0 Å². The van der Waals surface area contributed by atoms with E-state index < -0.39 is 0 Å². The second-order valence-electron chi connectivity index (χ2n) is 4.74. The SMILES string of the molecule is COC(=O)N[C@@H]1CCN(C(C)(C)C)C1. The van der Waals surface area contributed by atoms with Crippen LogP contribution >= 0.6 is 0 Å². The number of ether oxygens (including phenoxy) is 1. The van der Waals surface area contributed by atoms with E-state index >= 15 is 0 Å². The Morgan fingerprint density at radius 2 is 2.14 bits per heavy atom. The summed E-state index contributed by atoms with van der Waals surface area (Å²) in [6, 6.07) is 0.238. The number of rotatable bonds is 1. The van der Waals surface area contributed by atoms with Gasteiger partial charge in [-0.15, -0.1) is 0 Å². The highest BCUT2D eigenvalue weighted by Crippen LogP contribution is 2.20. The highest BCUT2D eigenvalue weighted by Gasteiger charge is 2.30. The molecule has 0 aromatic rings. The van der Waals surface area contributed by atoms with Crippen LogP contribution < -0.4 is 5.32 Å². The molecule has 0 aliphatic carbocycles. The second-order valence-corrected chi connectivity index (χ2v) is 4.74. The largest absolute Gasteiger partial charge is 0.453 e. The first-order valence-corrected chi connectivity index (χ1v) is 5.03. The molecule has 1 heterocycles. The molecule has 1 saturated heterocycles. The van der Waals surface area contributed by atoms with Gasteiger partial charge in [-0.2, -0.15) is 0 Å². The third-order valence-electron chi connectivity index (χ3n) is 2.64. The average molecular weight is 200 g/mol. The summed E-state index contributed by atoms with van der Waals surface area (Å²) in [6.45, 7) is 8.52. The molecule has 4 nitrogen and oxygen atoms in total. The number of carbonyl (C=O) groups excluding carboxylic acids is 1. The maximum absolute atomic E-state index is 11.0. The van der Waals surface area contributed by atoms with E-state index in [4.69, 9.17) is 0 Å². The van der Waals surface area contributed by atoms with Crippen molar-refractivity contribution >= 4 is 6.09 Å². The van der Waals surface area contributed by atoms with E-state index in [1.54, 1.807) is 0 Å². The van der Waals surface area contributed by atoms with E-state index in [1.165, 1.54) is 7.11 Å². The summed E-state index contributed by atoms with van der Waals surface area (Å²) >= 11 is 0. The number of nitrogens with zero attached hydrogens (tertiary/aromatic N) is 1. The number of alkyl carbamates (subject to hydrolysis) is 1. The van der Waals surface area contributed by atoms with Crippen LogP contribution in [0, 0.1) is 0 Å². The van der Waals surface area contributed by atoms with Crippen molar-refractivity contribution in [3.63, 3.8) is 0 Å². The normalized spacial score (nSPS) is 23.6. The lowest BCUT2D eigenvalue weighted by Crippen LogP contribution is -2.43. The van der Waals surface area contributed by atoms with Crippen LogP contribution in [0.4, 0.5) is 4.79 Å². The summed E-state index contributed by atoms with van der Waals surface area (Å²) in [5.74, 6) is 0. The summed E-state index contributed by atoms with van der Waals surface area (Å²) in [5.41, 5.74) is 0.187. The van der Waals surface area contributed by atoms with Crippen molar-refractivity contribution < 1.29 is 9.53 Å². The van der Waals surface area contributed by atoms with Crippen LogP contribution in [0.5, 0.6) is 0 Å². The zero-order chi connectivity index (χ0) is 10.8. The molecule has 82 valence electrons. The maximum atomic E-state index is 11.0. The first-order chi connectivity index (χ1) is 6.43. The monoisotopic (exact) mass is 200 g/mol. The first kappa shape index (κ1) is 11.3. The lowest BCUT2D eigenvalue weighted by molar-refractivity contribution is 0.156. The molecule has 1 N–H and O–H groups in total. The Bertz CT molecular complexity index is 211. The predicted molar refractivity (Wildman–Crippen MR) is 55.3 cm³/mol. The van der Waals surface area contributed by atoms with Crippen molar-refractivity contribution in [3.8, 4) is 0 Å². The molecular formula is C10H20N2O2. The third kappa shape index (κ3) is 2.87. The molecule has 0 bridgehead atoms. The minimum Gasteiger partial charge on any atom is -0.453 e. The highest BCUT2D eigenvalue weighted by molar-refractivity contribution is 5.67. The van der Waals surface area contributed by atoms with Crippen molar-refractivity contribution in [1.29, 1.82) is 0 Å². The fourth-order valence-corrected chi connectivity index (χ4v) is 1.71. The van der Waals surface area contributed by atoms with Gasteiger partial charge in [-0.05, 0) is 27.2 Å². The summed E-state index contributed by atoms with van der Waals surface area (Å²) < 4.78 is 4.56. The summed E-state index contributed by atoms with van der Waals surface area (Å²) in [5, 5.41) is 2.83. The van der Waals surface area contributed by atoms with Crippen molar-refractivity contribution in [2.75, 3.05) is 20.2 Å². The molecule has 1 aliphatic heterocycles. The lowest BCUT2D eigenvalue weighted by Gasteiger charge is -2.31. The molecule has 14 heavy (non-hydrogen) atoms. The van der Waals surface area contributed by atoms with Gasteiger partial charge in [-0.1, -0.05) is 0 Å². The fraction of sp³-hybridized carbons (Fsp3) is 0.900. The fourth-order valence-electron chi connectivity index (χ4n) is 1.71. The van der Waals surface area contributed by atoms with Crippen LogP contribution in [0.3, 0.4) is 0 Å². The smallest absolute Gasteiger partial charge is 0.407 e. The van der Waals surface area contributed by atoms with Crippen LogP contribution in [0.15, 0.2) is 0 Å². The van der Waals surface area contributed by atoms with Crippen LogP contribution in [0.2, 0.25) is 0 Å². The van der Waals surface area contributed by atoms with Gasteiger partial charge < -0.3 is 10.1 Å². The molecule has 1 aliphatic rings. The molecule has 1 amide bonds. The quantitative estimate of drug-likeness (QED) is 0.692. The minimum atomic E-state index is -0.328. The lowest BCUT2D eigenvalue weighted by atomic mass is 10.1. The molecule has 4 heteroatoms. The van der Waals surface area contributed by atoms with Crippen LogP contribution in [-0.2, 0) is 4.74 Å². The van der Waals surface area contributed by atoms with Crippen molar-refractivity contribution in [2.45, 2.75) is 38.8 Å². The van der Waals surface area contributed by atoms with Gasteiger partial charge in [0, 0.05) is 24.7 Å². The van der Waals surface area contributed by atoms with E-state index in [-0.39, 0.29) is 17.7 Å². The van der Waals surface area contributed by atoms with Gasteiger partial charge in [0.05, 0.1) is 7.11 Å². The number of methoxy groups -OCH3 is 1. The zero-order valence-corrected chi connectivity index (χ0v) is 9.46. The average Bonchev–Trinajstić information content (AvgIpc) is 2.51. The van der Waals surface area contributed by atoms with Crippen LogP contribution in [0.25, 0.3) is 0 Å². The standard InChI is InChI=1S/C10H20N2O2/c1-10(2,3)12-6-5-8(7-12)11-9(13)14-4/h8H,5-7H2,1-4H3,(H,11,13)/t8-/m1/s1. The molecule has 0 radical (unpaired) electrons. The number of hydrogen-bond donors (Lipinski definition) is 1. The van der Waals surface area contributed by atoms with Crippen molar-refractivity contribution in [1.82, 2.24) is 10.2 Å². The Labute approximate surface area is 85.6 Å². The van der Waals surface area contributed by atoms with Gasteiger partial charge in [0.1, 0.15) is 0 Å². The van der Waals surface area contributed by atoms with Gasteiger partial charge in [0.15, 0.2) is 0 Å². The predicted octanol–water partition coefficient (Wildman–Crippen LogP) is 1.22. The van der Waals surface area contributed by atoms with E-state index in [2.05, 4.69) is 35.7 Å². The third-order valence-corrected chi connectivity index (χ3v) is 2.64. The number of hydrogen-bond acceptors (Lipinski definition) is 3. The van der Waals surface area contributed by atoms with E-state index in [9.17, 15) is 4.79 Å². The molecule has 1 atom stereocenters. The van der Waals surface area contributed by atoms with Gasteiger partial charge >= 0.3 is 6.09 Å². The molecule has 1 fully saturated rings. The van der Waals surface area contributed by atoms with Crippen LogP contribution in [-0.4, -0.2) is 42.8 Å². The molecule has 0 unspecified atom stereocenters. The van der Waals surface area contributed by atoms with Gasteiger partial charge in [0.25, 0.3) is 0 Å². The number of nitrogens with one attached hydrogen (secondary N) is 1. The number of amides is 1. The Hall–Kier alpha value is -0.770. The summed E-state index contributed by atoms with van der Waals surface area (Å²) in [4.78, 5) is 13.3. The Kier molecular flexibility index (Phi) is 3.37. The maximum Gasteiger partial charge on any atom is 0.407 e. The summed E-state index contributed by atoms with van der Waals surface area (Å²) in [6.07, 6.45) is 0.678. The Morgan fingerprint density at radius 3 is 2.57 bits per heavy atom. The van der Waals surface area contributed by atoms with E-state index in [0.717, 1.165) is 19.5 Å². The van der Waals surface area contributed by atoms with Gasteiger partial charge in [0.2, 0.25) is 0 Å². The minimum absolute atomic E-state index is 0.187. The molecule has 0 aromatic carbocycles. The number of likely N-dealkylation sites (tertiary alicyclic amines) is 1. The Balaban J connectivity index is 2.38. The summed E-state index contributed by atoms with van der Waals surface area (Å²) in [7, 11) is 1.39. The Morgan fingerprint density at radius 1 is 1.50 bits per heavy atom. The van der Waals surface area contributed by atoms with E-state index in [1.807, 2.05) is 0 Å². The zero-order valence-electron chi connectivity index (χ0n) is 9.46. The molecule has 0 spiro atoms. The molecule has 0 aromatic heterocycles. The highest BCUT2D eigenvalue weighted by atomic mass is 16.5. The number of carbonyl (C=O) groups is 1.